The number of hydrogen-bond acceptors (Lipinski definition) is 3. The lowest BCUT2D eigenvalue weighted by atomic mass is 10.2. The highest BCUT2D eigenvalue weighted by molar-refractivity contribution is 5.96. The summed E-state index contributed by atoms with van der Waals surface area (Å²) in [6.07, 6.45) is 2.47. The Kier molecular flexibility index (Phi) is 3.59. The van der Waals surface area contributed by atoms with Crippen molar-refractivity contribution in [3.05, 3.63) is 5.69 Å². The Balaban J connectivity index is 2.49. The Hall–Kier alpha value is -1.52. The first-order chi connectivity index (χ1) is 8.54. The van der Waals surface area contributed by atoms with E-state index in [0.717, 1.165) is 36.6 Å². The topological polar surface area (TPSA) is 50.2 Å². The van der Waals surface area contributed by atoms with Crippen LogP contribution in [0.4, 0.5) is 11.5 Å². The Labute approximate surface area is 108 Å². The van der Waals surface area contributed by atoms with Crippen LogP contribution in [0.15, 0.2) is 0 Å². The molecular weight excluding hydrogens is 228 g/mol. The minimum absolute atomic E-state index is 0.0877. The van der Waals surface area contributed by atoms with Gasteiger partial charge in [-0.3, -0.25) is 9.48 Å². The minimum Gasteiger partial charge on any atom is -0.352 e. The summed E-state index contributed by atoms with van der Waals surface area (Å²) in [5, 5.41) is 7.57. The standard InChI is InChI=1S/C13H22N4O/c1-5-6-10-12-13(16(4)15-10)17(9(2)3)8-7-11(18)14-12/h9H,5-8H2,1-4H3,(H,14,18). The van der Waals surface area contributed by atoms with E-state index in [0.29, 0.717) is 12.5 Å². The Bertz CT molecular complexity index is 450. The van der Waals surface area contributed by atoms with Gasteiger partial charge in [-0.2, -0.15) is 5.10 Å². The van der Waals surface area contributed by atoms with Crippen molar-refractivity contribution in [1.82, 2.24) is 9.78 Å². The Morgan fingerprint density at radius 2 is 2.17 bits per heavy atom. The smallest absolute Gasteiger partial charge is 0.226 e. The summed E-state index contributed by atoms with van der Waals surface area (Å²) in [4.78, 5) is 14.1. The highest BCUT2D eigenvalue weighted by Crippen LogP contribution is 2.33. The fraction of sp³-hybridized carbons (Fsp3) is 0.692. The molecule has 1 aromatic heterocycles. The molecule has 100 valence electrons. The molecule has 1 N–H and O–H groups in total. The first-order valence-corrected chi connectivity index (χ1v) is 6.67. The van der Waals surface area contributed by atoms with Crippen molar-refractivity contribution in [2.24, 2.45) is 7.05 Å². The van der Waals surface area contributed by atoms with E-state index in [9.17, 15) is 4.79 Å². The van der Waals surface area contributed by atoms with E-state index in [-0.39, 0.29) is 5.91 Å². The van der Waals surface area contributed by atoms with E-state index >= 15 is 0 Å². The normalized spacial score (nSPS) is 15.6. The van der Waals surface area contributed by atoms with Gasteiger partial charge in [0.25, 0.3) is 0 Å². The SMILES string of the molecule is CCCc1nn(C)c2c1NC(=O)CCN2C(C)C. The second-order valence-corrected chi connectivity index (χ2v) is 5.10. The molecule has 5 nitrogen and oxygen atoms in total. The maximum atomic E-state index is 11.8. The summed E-state index contributed by atoms with van der Waals surface area (Å²) in [6, 6.07) is 0.362. The van der Waals surface area contributed by atoms with Crippen LogP contribution in [0.3, 0.4) is 0 Å². The third-order valence-electron chi connectivity index (χ3n) is 3.32. The van der Waals surface area contributed by atoms with Gasteiger partial charge in [-0.15, -0.1) is 0 Å². The zero-order chi connectivity index (χ0) is 13.3. The summed E-state index contributed by atoms with van der Waals surface area (Å²) in [5.41, 5.74) is 1.91. The largest absolute Gasteiger partial charge is 0.352 e. The molecule has 0 saturated carbocycles. The third-order valence-corrected chi connectivity index (χ3v) is 3.32. The first-order valence-electron chi connectivity index (χ1n) is 6.67. The van der Waals surface area contributed by atoms with E-state index in [1.54, 1.807) is 0 Å². The van der Waals surface area contributed by atoms with Gasteiger partial charge in [0.1, 0.15) is 5.69 Å². The predicted octanol–water partition coefficient (Wildman–Crippen LogP) is 1.93. The molecule has 0 spiro atoms. The lowest BCUT2D eigenvalue weighted by Crippen LogP contribution is -2.33. The van der Waals surface area contributed by atoms with Crippen LogP contribution in [-0.2, 0) is 18.3 Å². The number of amides is 1. The second kappa shape index (κ2) is 5.00. The molecule has 2 rings (SSSR count). The van der Waals surface area contributed by atoms with Gasteiger partial charge >= 0.3 is 0 Å². The molecule has 1 amide bonds. The number of carbonyl (C=O) groups is 1. The van der Waals surface area contributed by atoms with Crippen molar-refractivity contribution in [1.29, 1.82) is 0 Å². The van der Waals surface area contributed by atoms with Crippen LogP contribution in [0.5, 0.6) is 0 Å². The minimum atomic E-state index is 0.0877. The molecular formula is C13H22N4O. The number of anilines is 2. The highest BCUT2D eigenvalue weighted by atomic mass is 16.1. The van der Waals surface area contributed by atoms with Gasteiger partial charge in [0, 0.05) is 26.1 Å². The molecule has 18 heavy (non-hydrogen) atoms. The van der Waals surface area contributed by atoms with Gasteiger partial charge < -0.3 is 10.2 Å². The molecule has 2 heterocycles. The number of carbonyl (C=O) groups excluding carboxylic acids is 1. The van der Waals surface area contributed by atoms with Gasteiger partial charge in [-0.1, -0.05) is 13.3 Å². The monoisotopic (exact) mass is 250 g/mol. The summed E-state index contributed by atoms with van der Waals surface area (Å²) in [5.74, 6) is 1.13. The van der Waals surface area contributed by atoms with E-state index in [2.05, 4.69) is 36.1 Å². The number of nitrogens with one attached hydrogen (secondary N) is 1. The van der Waals surface area contributed by atoms with Crippen LogP contribution in [0.1, 0.15) is 39.3 Å². The van der Waals surface area contributed by atoms with Crippen molar-refractivity contribution >= 4 is 17.4 Å². The van der Waals surface area contributed by atoms with Gasteiger partial charge in [0.2, 0.25) is 5.91 Å². The molecule has 0 unspecified atom stereocenters. The van der Waals surface area contributed by atoms with Crippen molar-refractivity contribution in [3.8, 4) is 0 Å². The lowest BCUT2D eigenvalue weighted by molar-refractivity contribution is -0.116. The molecule has 0 radical (unpaired) electrons. The fourth-order valence-corrected chi connectivity index (χ4v) is 2.47. The van der Waals surface area contributed by atoms with Gasteiger partial charge in [0.15, 0.2) is 5.82 Å². The Morgan fingerprint density at radius 3 is 2.78 bits per heavy atom. The van der Waals surface area contributed by atoms with E-state index in [1.807, 2.05) is 11.7 Å². The summed E-state index contributed by atoms with van der Waals surface area (Å²) >= 11 is 0. The average molecular weight is 250 g/mol. The number of aromatic nitrogens is 2. The molecule has 0 atom stereocenters. The number of nitrogens with zero attached hydrogens (tertiary/aromatic N) is 3. The third kappa shape index (κ3) is 2.21. The molecule has 0 fully saturated rings. The van der Waals surface area contributed by atoms with Crippen LogP contribution in [0, 0.1) is 0 Å². The molecule has 5 heteroatoms. The van der Waals surface area contributed by atoms with Crippen molar-refractivity contribution in [3.63, 3.8) is 0 Å². The fourth-order valence-electron chi connectivity index (χ4n) is 2.47. The summed E-state index contributed by atoms with van der Waals surface area (Å²) in [7, 11) is 1.95. The maximum Gasteiger partial charge on any atom is 0.226 e. The van der Waals surface area contributed by atoms with E-state index in [1.165, 1.54) is 0 Å². The molecule has 0 saturated heterocycles. The summed E-state index contributed by atoms with van der Waals surface area (Å²) in [6.45, 7) is 7.17. The zero-order valence-corrected chi connectivity index (χ0v) is 11.7. The van der Waals surface area contributed by atoms with Gasteiger partial charge in [-0.05, 0) is 20.3 Å². The zero-order valence-electron chi connectivity index (χ0n) is 11.7. The Morgan fingerprint density at radius 1 is 1.44 bits per heavy atom. The number of hydrogen-bond donors (Lipinski definition) is 1. The molecule has 1 aromatic rings. The van der Waals surface area contributed by atoms with Gasteiger partial charge in [-0.25, -0.2) is 0 Å². The van der Waals surface area contributed by atoms with Crippen LogP contribution in [0.25, 0.3) is 0 Å². The van der Waals surface area contributed by atoms with Gasteiger partial charge in [0.05, 0.1) is 5.69 Å². The van der Waals surface area contributed by atoms with Crippen molar-refractivity contribution in [2.45, 2.75) is 46.1 Å². The number of rotatable bonds is 3. The first kappa shape index (κ1) is 12.9. The maximum absolute atomic E-state index is 11.8. The van der Waals surface area contributed by atoms with Crippen LogP contribution < -0.4 is 10.2 Å². The molecule has 1 aliphatic rings. The van der Waals surface area contributed by atoms with Crippen molar-refractivity contribution in [2.75, 3.05) is 16.8 Å². The van der Waals surface area contributed by atoms with Crippen LogP contribution >= 0.6 is 0 Å². The second-order valence-electron chi connectivity index (χ2n) is 5.10. The molecule has 1 aliphatic heterocycles. The van der Waals surface area contributed by atoms with Crippen molar-refractivity contribution < 1.29 is 4.79 Å². The van der Waals surface area contributed by atoms with E-state index < -0.39 is 0 Å². The highest BCUT2D eigenvalue weighted by Gasteiger charge is 2.27. The van der Waals surface area contributed by atoms with Crippen LogP contribution in [0.2, 0.25) is 0 Å². The molecule has 0 aromatic carbocycles. The number of fused-ring (bicyclic) bond motifs is 1. The molecule has 0 bridgehead atoms. The molecule has 0 aliphatic carbocycles. The summed E-state index contributed by atoms with van der Waals surface area (Å²) < 4.78 is 1.89. The average Bonchev–Trinajstić information content (AvgIpc) is 2.48. The van der Waals surface area contributed by atoms with E-state index in [4.69, 9.17) is 0 Å². The van der Waals surface area contributed by atoms with Crippen LogP contribution in [-0.4, -0.2) is 28.3 Å². The lowest BCUT2D eigenvalue weighted by Gasteiger charge is -2.27. The quantitative estimate of drug-likeness (QED) is 0.891. The number of aryl methyl sites for hydroxylation is 2. The predicted molar refractivity (Wildman–Crippen MR) is 72.9 cm³/mol.